The molecule has 0 aliphatic carbocycles. The van der Waals surface area contributed by atoms with Crippen molar-refractivity contribution in [3.63, 3.8) is 0 Å². The van der Waals surface area contributed by atoms with Crippen molar-refractivity contribution in [1.82, 2.24) is 30.1 Å². The lowest BCUT2D eigenvalue weighted by molar-refractivity contribution is 0.102. The Morgan fingerprint density at radius 3 is 2.84 bits per heavy atom. The van der Waals surface area contributed by atoms with E-state index in [9.17, 15) is 4.79 Å². The highest BCUT2D eigenvalue weighted by Gasteiger charge is 2.33. The standard InChI is InChI=1S/C28H33N7O2/c1-17-10-18(7-8-29-17)26-22-11-19-14-35(27(36)30-23(19)13-24(22)31-32-26)20-6-5-9-34(15-20)16-21-12-25(33-37-21)28(2,3)4/h7-8,10-13,20H,5-6,9,14-16H2,1-4H3,(H,30,36)(H,31,32)/t20-/m1/s1. The third-order valence-corrected chi connectivity index (χ3v) is 7.43. The number of rotatable bonds is 4. The monoisotopic (exact) mass is 499 g/mol. The lowest BCUT2D eigenvalue weighted by Gasteiger charge is -2.41. The van der Waals surface area contributed by atoms with Gasteiger partial charge < -0.3 is 14.7 Å². The molecule has 0 saturated carbocycles. The highest BCUT2D eigenvalue weighted by atomic mass is 16.5. The molecule has 1 aromatic carbocycles. The highest BCUT2D eigenvalue weighted by Crippen LogP contribution is 2.34. The first-order chi connectivity index (χ1) is 17.7. The molecule has 5 heterocycles. The number of aryl methyl sites for hydroxylation is 1. The third-order valence-electron chi connectivity index (χ3n) is 7.43. The van der Waals surface area contributed by atoms with Crippen molar-refractivity contribution >= 4 is 22.6 Å². The molecule has 1 atom stereocenters. The van der Waals surface area contributed by atoms with Crippen molar-refractivity contribution < 1.29 is 9.32 Å². The zero-order chi connectivity index (χ0) is 25.7. The Kier molecular flexibility index (Phi) is 5.75. The number of carbonyl (C=O) groups is 1. The molecule has 192 valence electrons. The average molecular weight is 500 g/mol. The minimum atomic E-state index is -0.0436. The van der Waals surface area contributed by atoms with Crippen LogP contribution in [-0.2, 0) is 18.5 Å². The molecule has 2 N–H and O–H groups in total. The molecule has 4 aromatic rings. The number of aromatic amines is 1. The van der Waals surface area contributed by atoms with E-state index >= 15 is 0 Å². The second-order valence-electron chi connectivity index (χ2n) is 11.3. The number of urea groups is 1. The quantitative estimate of drug-likeness (QED) is 0.399. The summed E-state index contributed by atoms with van der Waals surface area (Å²) in [6.45, 7) is 11.5. The van der Waals surface area contributed by atoms with E-state index in [0.29, 0.717) is 13.1 Å². The summed E-state index contributed by atoms with van der Waals surface area (Å²) in [5, 5.41) is 16.1. The number of benzene rings is 1. The van der Waals surface area contributed by atoms with E-state index in [0.717, 1.165) is 76.5 Å². The van der Waals surface area contributed by atoms with E-state index in [2.05, 4.69) is 63.5 Å². The summed E-state index contributed by atoms with van der Waals surface area (Å²) in [7, 11) is 0. The van der Waals surface area contributed by atoms with Gasteiger partial charge in [-0.15, -0.1) is 0 Å². The average Bonchev–Trinajstić information content (AvgIpc) is 3.49. The second kappa shape index (κ2) is 8.99. The maximum atomic E-state index is 13.2. The second-order valence-corrected chi connectivity index (χ2v) is 11.3. The highest BCUT2D eigenvalue weighted by molar-refractivity contribution is 6.00. The smallest absolute Gasteiger partial charge is 0.322 e. The van der Waals surface area contributed by atoms with Crippen LogP contribution in [0, 0.1) is 6.92 Å². The van der Waals surface area contributed by atoms with Gasteiger partial charge in [-0.2, -0.15) is 5.10 Å². The number of amides is 2. The van der Waals surface area contributed by atoms with E-state index < -0.39 is 0 Å². The molecule has 37 heavy (non-hydrogen) atoms. The molecule has 1 saturated heterocycles. The van der Waals surface area contributed by atoms with Crippen LogP contribution < -0.4 is 5.32 Å². The number of anilines is 1. The van der Waals surface area contributed by atoms with Crippen molar-refractivity contribution in [2.24, 2.45) is 0 Å². The van der Waals surface area contributed by atoms with Crippen LogP contribution >= 0.6 is 0 Å². The van der Waals surface area contributed by atoms with Crippen LogP contribution in [0.5, 0.6) is 0 Å². The van der Waals surface area contributed by atoms with Gasteiger partial charge >= 0.3 is 6.03 Å². The number of nitrogens with zero attached hydrogens (tertiary/aromatic N) is 5. The van der Waals surface area contributed by atoms with Gasteiger partial charge in [-0.3, -0.25) is 15.0 Å². The van der Waals surface area contributed by atoms with Gasteiger partial charge in [0, 0.05) is 59.1 Å². The largest absolute Gasteiger partial charge is 0.360 e. The van der Waals surface area contributed by atoms with Gasteiger partial charge in [0.1, 0.15) is 5.69 Å². The van der Waals surface area contributed by atoms with Gasteiger partial charge in [0.2, 0.25) is 0 Å². The summed E-state index contributed by atoms with van der Waals surface area (Å²) in [6.07, 6.45) is 3.83. The van der Waals surface area contributed by atoms with Crippen LogP contribution in [-0.4, -0.2) is 55.3 Å². The van der Waals surface area contributed by atoms with Crippen LogP contribution in [0.2, 0.25) is 0 Å². The molecule has 2 amide bonds. The van der Waals surface area contributed by atoms with Crippen LogP contribution in [0.4, 0.5) is 10.5 Å². The Balaban J connectivity index is 1.22. The van der Waals surface area contributed by atoms with Crippen LogP contribution in [0.3, 0.4) is 0 Å². The molecule has 1 fully saturated rings. The summed E-state index contributed by atoms with van der Waals surface area (Å²) in [4.78, 5) is 21.8. The normalized spacial score (nSPS) is 18.8. The Hall–Kier alpha value is -3.72. The van der Waals surface area contributed by atoms with Gasteiger partial charge in [-0.1, -0.05) is 25.9 Å². The first-order valence-corrected chi connectivity index (χ1v) is 12.9. The summed E-state index contributed by atoms with van der Waals surface area (Å²) in [5.74, 6) is 0.875. The number of carbonyl (C=O) groups excluding carboxylic acids is 1. The molecule has 0 radical (unpaired) electrons. The number of fused-ring (bicyclic) bond motifs is 2. The fourth-order valence-corrected chi connectivity index (χ4v) is 5.40. The van der Waals surface area contributed by atoms with Crippen LogP contribution in [0.25, 0.3) is 22.2 Å². The molecule has 0 unspecified atom stereocenters. The number of pyridine rings is 1. The van der Waals surface area contributed by atoms with Gasteiger partial charge in [0.15, 0.2) is 5.76 Å². The predicted molar refractivity (Wildman–Crippen MR) is 142 cm³/mol. The van der Waals surface area contributed by atoms with Gasteiger partial charge in [0.25, 0.3) is 0 Å². The van der Waals surface area contributed by atoms with Gasteiger partial charge in [-0.25, -0.2) is 4.79 Å². The first-order valence-electron chi connectivity index (χ1n) is 12.9. The Morgan fingerprint density at radius 2 is 2.05 bits per heavy atom. The van der Waals surface area contributed by atoms with Crippen molar-refractivity contribution in [2.45, 2.75) is 65.1 Å². The van der Waals surface area contributed by atoms with E-state index in [-0.39, 0.29) is 17.5 Å². The lowest BCUT2D eigenvalue weighted by atomic mass is 9.92. The van der Waals surface area contributed by atoms with Crippen LogP contribution in [0.1, 0.15) is 56.3 Å². The summed E-state index contributed by atoms with van der Waals surface area (Å²) < 4.78 is 5.63. The molecular formula is C28H33N7O2. The van der Waals surface area contributed by atoms with E-state index in [4.69, 9.17) is 4.52 Å². The van der Waals surface area contributed by atoms with Crippen molar-refractivity contribution in [3.8, 4) is 11.3 Å². The molecule has 9 nitrogen and oxygen atoms in total. The summed E-state index contributed by atoms with van der Waals surface area (Å²) in [5.41, 5.74) is 6.66. The van der Waals surface area contributed by atoms with E-state index in [1.54, 1.807) is 0 Å². The fourth-order valence-electron chi connectivity index (χ4n) is 5.40. The van der Waals surface area contributed by atoms with Crippen LogP contribution in [0.15, 0.2) is 41.1 Å². The number of H-pyrrole nitrogens is 1. The lowest BCUT2D eigenvalue weighted by Crippen LogP contribution is -2.52. The van der Waals surface area contributed by atoms with E-state index in [1.165, 1.54) is 0 Å². The fraction of sp³-hybridized carbons (Fsp3) is 0.429. The van der Waals surface area contributed by atoms with Crippen molar-refractivity contribution in [1.29, 1.82) is 0 Å². The van der Waals surface area contributed by atoms with Crippen molar-refractivity contribution in [2.75, 3.05) is 18.4 Å². The Labute approximate surface area is 216 Å². The number of nitrogens with one attached hydrogen (secondary N) is 2. The number of piperidine rings is 1. The molecule has 2 aliphatic rings. The number of aromatic nitrogens is 4. The van der Waals surface area contributed by atoms with E-state index in [1.807, 2.05) is 36.2 Å². The minimum absolute atomic E-state index is 0.0397. The molecule has 3 aromatic heterocycles. The maximum absolute atomic E-state index is 13.2. The summed E-state index contributed by atoms with van der Waals surface area (Å²) >= 11 is 0. The molecule has 9 heteroatoms. The van der Waals surface area contributed by atoms with Crippen molar-refractivity contribution in [3.05, 3.63) is 59.2 Å². The Morgan fingerprint density at radius 1 is 1.19 bits per heavy atom. The molecule has 0 bridgehead atoms. The molecule has 0 spiro atoms. The van der Waals surface area contributed by atoms with Gasteiger partial charge in [0.05, 0.1) is 17.8 Å². The minimum Gasteiger partial charge on any atom is -0.360 e. The Bertz CT molecular complexity index is 1460. The molecule has 6 rings (SSSR count). The SMILES string of the molecule is Cc1cc(-c2n[nH]c3cc4c(cc23)CN([C@@H]2CCCN(Cc3cc(C(C)(C)C)no3)C2)C(=O)N4)ccn1. The number of likely N-dealkylation sites (tertiary alicyclic amines) is 1. The molecule has 2 aliphatic heterocycles. The topological polar surface area (TPSA) is 103 Å². The maximum Gasteiger partial charge on any atom is 0.322 e. The molecular weight excluding hydrogens is 466 g/mol. The number of hydrogen-bond acceptors (Lipinski definition) is 6. The summed E-state index contributed by atoms with van der Waals surface area (Å²) in [6, 6.07) is 10.3. The first kappa shape index (κ1) is 23.7. The van der Waals surface area contributed by atoms with Gasteiger partial charge in [-0.05, 0) is 56.1 Å². The number of hydrogen-bond donors (Lipinski definition) is 2. The predicted octanol–water partition coefficient (Wildman–Crippen LogP) is 5.23. The third kappa shape index (κ3) is 4.59. The zero-order valence-electron chi connectivity index (χ0n) is 21.8. The zero-order valence-corrected chi connectivity index (χ0v) is 21.8.